The molecule has 0 amide bonds. The number of ketones is 1. The van der Waals surface area contributed by atoms with Gasteiger partial charge in [0.25, 0.3) is 0 Å². The standard InChI is InChI=1S/C14H18F4O8/c1-9(19)13(15,16)14(17,18)12(22)26-8-7-25-11(21)4-3-10(20)24-6-5-23-2/h3-8H2,1-2H3. The smallest absolute Gasteiger partial charge is 0.411 e. The van der Waals surface area contributed by atoms with E-state index in [9.17, 15) is 36.7 Å². The number of Topliss-reactive ketones (excluding diaryl/α,β-unsaturated/α-hetero) is 1. The van der Waals surface area contributed by atoms with Crippen molar-refractivity contribution in [2.24, 2.45) is 0 Å². The van der Waals surface area contributed by atoms with E-state index in [4.69, 9.17) is 0 Å². The van der Waals surface area contributed by atoms with E-state index in [2.05, 4.69) is 18.9 Å². The maximum Gasteiger partial charge on any atom is 0.411 e. The van der Waals surface area contributed by atoms with Gasteiger partial charge in [-0.2, -0.15) is 17.6 Å². The van der Waals surface area contributed by atoms with E-state index in [1.54, 1.807) is 0 Å². The van der Waals surface area contributed by atoms with Crippen molar-refractivity contribution in [3.05, 3.63) is 0 Å². The Morgan fingerprint density at radius 1 is 0.731 bits per heavy atom. The van der Waals surface area contributed by atoms with E-state index < -0.39 is 55.2 Å². The van der Waals surface area contributed by atoms with E-state index in [-0.39, 0.29) is 26.6 Å². The second-order valence-corrected chi connectivity index (χ2v) is 4.77. The Hall–Kier alpha value is -2.24. The highest BCUT2D eigenvalue weighted by Crippen LogP contribution is 2.35. The predicted molar refractivity (Wildman–Crippen MR) is 74.6 cm³/mol. The molecule has 0 aromatic carbocycles. The zero-order chi connectivity index (χ0) is 20.4. The molecule has 0 radical (unpaired) electrons. The number of alkyl halides is 4. The molecule has 0 aliphatic carbocycles. The van der Waals surface area contributed by atoms with Crippen molar-refractivity contribution in [3.8, 4) is 0 Å². The minimum absolute atomic E-state index is 0.000555. The number of hydrogen-bond acceptors (Lipinski definition) is 8. The van der Waals surface area contributed by atoms with Gasteiger partial charge in [0.15, 0.2) is 0 Å². The van der Waals surface area contributed by atoms with Crippen LogP contribution in [0.15, 0.2) is 0 Å². The van der Waals surface area contributed by atoms with Crippen LogP contribution in [0, 0.1) is 0 Å². The van der Waals surface area contributed by atoms with Crippen LogP contribution in [0.5, 0.6) is 0 Å². The van der Waals surface area contributed by atoms with Gasteiger partial charge >= 0.3 is 29.8 Å². The highest BCUT2D eigenvalue weighted by Gasteiger charge is 2.66. The highest BCUT2D eigenvalue weighted by molar-refractivity contribution is 5.92. The summed E-state index contributed by atoms with van der Waals surface area (Å²) in [5, 5.41) is 0. The molecule has 150 valence electrons. The normalized spacial score (nSPS) is 11.6. The van der Waals surface area contributed by atoms with E-state index >= 15 is 0 Å². The molecule has 0 aromatic rings. The molecule has 0 aliphatic rings. The van der Waals surface area contributed by atoms with Gasteiger partial charge in [-0.3, -0.25) is 14.4 Å². The van der Waals surface area contributed by atoms with Crippen LogP contribution < -0.4 is 0 Å². The quantitative estimate of drug-likeness (QED) is 0.210. The topological polar surface area (TPSA) is 105 Å². The van der Waals surface area contributed by atoms with Crippen LogP contribution in [-0.2, 0) is 38.1 Å². The molecule has 0 unspecified atom stereocenters. The van der Waals surface area contributed by atoms with E-state index in [1.165, 1.54) is 7.11 Å². The van der Waals surface area contributed by atoms with Gasteiger partial charge < -0.3 is 18.9 Å². The van der Waals surface area contributed by atoms with E-state index in [0.29, 0.717) is 0 Å². The molecular weight excluding hydrogens is 372 g/mol. The molecule has 0 bridgehead atoms. The Bertz CT molecular complexity index is 521. The first-order valence-electron chi connectivity index (χ1n) is 7.20. The van der Waals surface area contributed by atoms with Gasteiger partial charge in [0.2, 0.25) is 5.78 Å². The molecule has 0 N–H and O–H groups in total. The van der Waals surface area contributed by atoms with Crippen molar-refractivity contribution < 1.29 is 55.7 Å². The van der Waals surface area contributed by atoms with Gasteiger partial charge in [0.1, 0.15) is 19.8 Å². The largest absolute Gasteiger partial charge is 0.463 e. The SMILES string of the molecule is COCCOC(=O)CCC(=O)OCCOC(=O)C(F)(F)C(F)(F)C(C)=O. The van der Waals surface area contributed by atoms with Crippen molar-refractivity contribution in [1.29, 1.82) is 0 Å². The number of esters is 3. The highest BCUT2D eigenvalue weighted by atomic mass is 19.3. The van der Waals surface area contributed by atoms with Crippen LogP contribution in [0.25, 0.3) is 0 Å². The summed E-state index contributed by atoms with van der Waals surface area (Å²) in [4.78, 5) is 43.9. The molecule has 0 aliphatic heterocycles. The number of ether oxygens (including phenoxy) is 4. The summed E-state index contributed by atoms with van der Waals surface area (Å²) < 4.78 is 69.9. The zero-order valence-corrected chi connectivity index (χ0v) is 14.0. The molecule has 12 heteroatoms. The van der Waals surface area contributed by atoms with Gasteiger partial charge in [-0.15, -0.1) is 0 Å². The van der Waals surface area contributed by atoms with Crippen LogP contribution in [0.1, 0.15) is 19.8 Å². The van der Waals surface area contributed by atoms with Crippen LogP contribution in [0.4, 0.5) is 17.6 Å². The average molecular weight is 390 g/mol. The van der Waals surface area contributed by atoms with Crippen molar-refractivity contribution in [3.63, 3.8) is 0 Å². The number of methoxy groups -OCH3 is 1. The van der Waals surface area contributed by atoms with Gasteiger partial charge in [-0.05, 0) is 0 Å². The third-order valence-electron chi connectivity index (χ3n) is 2.76. The van der Waals surface area contributed by atoms with Gasteiger partial charge in [0, 0.05) is 14.0 Å². The second-order valence-electron chi connectivity index (χ2n) is 4.77. The first kappa shape index (κ1) is 23.8. The number of halogens is 4. The average Bonchev–Trinajstić information content (AvgIpc) is 2.56. The Balaban J connectivity index is 4.11. The summed E-state index contributed by atoms with van der Waals surface area (Å²) >= 11 is 0. The molecule has 0 heterocycles. The van der Waals surface area contributed by atoms with Crippen LogP contribution in [0.2, 0.25) is 0 Å². The third-order valence-corrected chi connectivity index (χ3v) is 2.76. The minimum Gasteiger partial charge on any atom is -0.463 e. The molecule has 8 nitrogen and oxygen atoms in total. The predicted octanol–water partition coefficient (Wildman–Crippen LogP) is 0.902. The zero-order valence-electron chi connectivity index (χ0n) is 14.0. The minimum atomic E-state index is -5.35. The summed E-state index contributed by atoms with van der Waals surface area (Å²) in [6.45, 7) is -1.27. The van der Waals surface area contributed by atoms with Gasteiger partial charge in [-0.1, -0.05) is 0 Å². The number of rotatable bonds is 12. The lowest BCUT2D eigenvalue weighted by molar-refractivity contribution is -0.224. The van der Waals surface area contributed by atoms with Crippen molar-refractivity contribution in [2.75, 3.05) is 33.5 Å². The monoisotopic (exact) mass is 390 g/mol. The Morgan fingerprint density at radius 3 is 1.58 bits per heavy atom. The maximum atomic E-state index is 13.2. The number of hydrogen-bond donors (Lipinski definition) is 0. The molecule has 0 spiro atoms. The Labute approximate surface area is 145 Å². The summed E-state index contributed by atoms with van der Waals surface area (Å²) in [7, 11) is 1.40. The summed E-state index contributed by atoms with van der Waals surface area (Å²) in [5.74, 6) is -17.0. The van der Waals surface area contributed by atoms with Gasteiger partial charge in [0.05, 0.1) is 19.4 Å². The van der Waals surface area contributed by atoms with E-state index in [1.807, 2.05) is 0 Å². The van der Waals surface area contributed by atoms with Crippen molar-refractivity contribution in [1.82, 2.24) is 0 Å². The molecule has 0 saturated heterocycles. The summed E-state index contributed by atoms with van der Waals surface area (Å²) in [6.07, 6.45) is -0.705. The van der Waals surface area contributed by atoms with Crippen LogP contribution >= 0.6 is 0 Å². The fraction of sp³-hybridized carbons (Fsp3) is 0.714. The fourth-order valence-electron chi connectivity index (χ4n) is 1.32. The summed E-state index contributed by atoms with van der Waals surface area (Å²) in [5.41, 5.74) is 0. The molecule has 0 atom stereocenters. The first-order valence-corrected chi connectivity index (χ1v) is 7.20. The van der Waals surface area contributed by atoms with E-state index in [0.717, 1.165) is 0 Å². The Kier molecular flexibility index (Phi) is 9.76. The Morgan fingerprint density at radius 2 is 1.15 bits per heavy atom. The fourth-order valence-corrected chi connectivity index (χ4v) is 1.32. The molecular formula is C14H18F4O8. The molecule has 26 heavy (non-hydrogen) atoms. The maximum absolute atomic E-state index is 13.2. The lowest BCUT2D eigenvalue weighted by Gasteiger charge is -2.22. The number of carbonyl (C=O) groups excluding carboxylic acids is 4. The lowest BCUT2D eigenvalue weighted by atomic mass is 10.1. The second kappa shape index (κ2) is 10.7. The van der Waals surface area contributed by atoms with Crippen molar-refractivity contribution in [2.45, 2.75) is 31.6 Å². The first-order chi connectivity index (χ1) is 12.0. The van der Waals surface area contributed by atoms with Crippen LogP contribution in [0.3, 0.4) is 0 Å². The van der Waals surface area contributed by atoms with Crippen LogP contribution in [-0.4, -0.2) is 69.1 Å². The molecule has 0 saturated carbocycles. The third kappa shape index (κ3) is 7.33. The number of carbonyl (C=O) groups is 4. The lowest BCUT2D eigenvalue weighted by Crippen LogP contribution is -2.52. The molecule has 0 fully saturated rings. The van der Waals surface area contributed by atoms with Gasteiger partial charge in [-0.25, -0.2) is 4.79 Å². The molecule has 0 aromatic heterocycles. The molecule has 0 rings (SSSR count). The summed E-state index contributed by atoms with van der Waals surface area (Å²) in [6, 6.07) is 0. The van der Waals surface area contributed by atoms with Crippen molar-refractivity contribution >= 4 is 23.7 Å².